The van der Waals surface area contributed by atoms with E-state index < -0.39 is 0 Å². The van der Waals surface area contributed by atoms with E-state index in [2.05, 4.69) is 35.1 Å². The lowest BCUT2D eigenvalue weighted by molar-refractivity contribution is -0.129. The number of piperidine rings is 1. The summed E-state index contributed by atoms with van der Waals surface area (Å²) >= 11 is 12.7. The average Bonchev–Trinajstić information content (AvgIpc) is 3.35. The van der Waals surface area contributed by atoms with Gasteiger partial charge in [-0.3, -0.25) is 19.2 Å². The third-order valence-electron chi connectivity index (χ3n) is 7.16. The van der Waals surface area contributed by atoms with E-state index >= 15 is 0 Å². The van der Waals surface area contributed by atoms with Crippen LogP contribution in [-0.4, -0.2) is 85.9 Å². The highest BCUT2D eigenvalue weighted by molar-refractivity contribution is 6.38. The minimum absolute atomic E-state index is 0.00627. The van der Waals surface area contributed by atoms with Crippen LogP contribution in [0, 0.1) is 0 Å². The number of fused-ring (bicyclic) bond motifs is 1. The number of nitrogens with one attached hydrogen (secondary N) is 1. The molecule has 4 aromatic rings. The number of imidazole rings is 1. The summed E-state index contributed by atoms with van der Waals surface area (Å²) in [4.78, 5) is 41.6. The molecule has 1 amide bonds. The second kappa shape index (κ2) is 11.2. The predicted molar refractivity (Wildman–Crippen MR) is 152 cm³/mol. The van der Waals surface area contributed by atoms with Crippen LogP contribution in [0.5, 0.6) is 0 Å². The van der Waals surface area contributed by atoms with Gasteiger partial charge in [-0.1, -0.05) is 23.2 Å². The van der Waals surface area contributed by atoms with Crippen LogP contribution in [-0.2, 0) is 4.79 Å². The van der Waals surface area contributed by atoms with Gasteiger partial charge >= 0.3 is 0 Å². The molecule has 0 unspecified atom stereocenters. The lowest BCUT2D eigenvalue weighted by atomic mass is 10.1. The second-order valence-corrected chi connectivity index (χ2v) is 10.4. The monoisotopic (exact) mass is 566 g/mol. The summed E-state index contributed by atoms with van der Waals surface area (Å²) in [5.74, 6) is 1.43. The molecule has 0 bridgehead atoms. The molecule has 0 atom stereocenters. The molecule has 6 rings (SSSR count). The van der Waals surface area contributed by atoms with Crippen molar-refractivity contribution in [2.45, 2.75) is 19.3 Å². The van der Waals surface area contributed by atoms with Gasteiger partial charge in [-0.15, -0.1) is 0 Å². The molecule has 11 nitrogen and oxygen atoms in total. The van der Waals surface area contributed by atoms with Crippen molar-refractivity contribution < 1.29 is 4.79 Å². The molecule has 0 radical (unpaired) electrons. The lowest BCUT2D eigenvalue weighted by Crippen LogP contribution is -2.50. The summed E-state index contributed by atoms with van der Waals surface area (Å²) in [6, 6.07) is 0. The summed E-state index contributed by atoms with van der Waals surface area (Å²) in [5.41, 5.74) is 2.88. The van der Waals surface area contributed by atoms with Crippen LogP contribution in [0.2, 0.25) is 10.0 Å². The quantitative estimate of drug-likeness (QED) is 0.374. The number of piperazine rings is 1. The van der Waals surface area contributed by atoms with E-state index in [1.54, 1.807) is 37.2 Å². The number of halogens is 2. The van der Waals surface area contributed by atoms with Gasteiger partial charge in [-0.25, -0.2) is 15.0 Å². The third kappa shape index (κ3) is 5.28. The van der Waals surface area contributed by atoms with Gasteiger partial charge in [0.25, 0.3) is 0 Å². The molecule has 6 heterocycles. The van der Waals surface area contributed by atoms with Gasteiger partial charge in [0.05, 0.1) is 28.5 Å². The highest BCUT2D eigenvalue weighted by atomic mass is 35.5. The van der Waals surface area contributed by atoms with Crippen LogP contribution in [0.4, 0.5) is 17.5 Å². The van der Waals surface area contributed by atoms with E-state index in [-0.39, 0.29) is 12.5 Å². The first kappa shape index (κ1) is 25.6. The summed E-state index contributed by atoms with van der Waals surface area (Å²) in [6.45, 7) is 4.45. The zero-order valence-electron chi connectivity index (χ0n) is 21.3. The van der Waals surface area contributed by atoms with Crippen LogP contribution < -0.4 is 15.1 Å². The van der Waals surface area contributed by atoms with Crippen molar-refractivity contribution in [3.8, 4) is 11.3 Å². The van der Waals surface area contributed by atoms with Crippen LogP contribution in [0.3, 0.4) is 0 Å². The van der Waals surface area contributed by atoms with Crippen molar-refractivity contribution in [1.29, 1.82) is 0 Å². The molecule has 0 saturated carbocycles. The van der Waals surface area contributed by atoms with Crippen molar-refractivity contribution in [3.63, 3.8) is 0 Å². The fourth-order valence-corrected chi connectivity index (χ4v) is 5.74. The second-order valence-electron chi connectivity index (χ2n) is 9.61. The van der Waals surface area contributed by atoms with Crippen molar-refractivity contribution in [2.24, 2.45) is 0 Å². The molecule has 0 aliphatic carbocycles. The number of pyridine rings is 1. The van der Waals surface area contributed by atoms with Gasteiger partial charge in [0.2, 0.25) is 11.9 Å². The summed E-state index contributed by atoms with van der Waals surface area (Å²) in [5, 5.41) is 4.33. The number of aromatic nitrogens is 6. The molecule has 13 heteroatoms. The van der Waals surface area contributed by atoms with E-state index in [0.29, 0.717) is 53.4 Å². The van der Waals surface area contributed by atoms with Gasteiger partial charge < -0.3 is 20.0 Å². The van der Waals surface area contributed by atoms with Crippen molar-refractivity contribution >= 4 is 52.2 Å². The highest BCUT2D eigenvalue weighted by Gasteiger charge is 2.25. The number of carbonyl (C=O) groups excluding carboxylic acids is 1. The van der Waals surface area contributed by atoms with Crippen molar-refractivity contribution in [2.75, 3.05) is 60.9 Å². The largest absolute Gasteiger partial charge is 0.365 e. The Labute approximate surface area is 235 Å². The molecule has 0 spiro atoms. The lowest BCUT2D eigenvalue weighted by Gasteiger charge is -2.36. The van der Waals surface area contributed by atoms with E-state index in [4.69, 9.17) is 28.2 Å². The van der Waals surface area contributed by atoms with Gasteiger partial charge in [-0.2, -0.15) is 0 Å². The summed E-state index contributed by atoms with van der Waals surface area (Å²) in [7, 11) is 0. The first-order valence-corrected chi connectivity index (χ1v) is 13.8. The first-order chi connectivity index (χ1) is 19.1. The van der Waals surface area contributed by atoms with Gasteiger partial charge in [0.1, 0.15) is 11.5 Å². The normalized spacial score (nSPS) is 16.1. The Hall–Kier alpha value is -3.70. The Morgan fingerprint density at radius 3 is 2.28 bits per heavy atom. The number of hydrogen-bond donors (Lipinski definition) is 1. The summed E-state index contributed by atoms with van der Waals surface area (Å²) in [6.07, 6.45) is 15.5. The van der Waals surface area contributed by atoms with Gasteiger partial charge in [0.15, 0.2) is 5.65 Å². The zero-order chi connectivity index (χ0) is 26.8. The molecule has 2 aliphatic heterocycles. The predicted octanol–water partition coefficient (Wildman–Crippen LogP) is 3.64. The van der Waals surface area contributed by atoms with Gasteiger partial charge in [0, 0.05) is 82.0 Å². The topological polar surface area (TPSA) is 108 Å². The number of nitrogens with zero attached hydrogens (tertiary/aromatic N) is 9. The Morgan fingerprint density at radius 1 is 0.846 bits per heavy atom. The fourth-order valence-electron chi connectivity index (χ4n) is 5.13. The molecule has 202 valence electrons. The van der Waals surface area contributed by atoms with E-state index in [0.717, 1.165) is 43.1 Å². The summed E-state index contributed by atoms with van der Waals surface area (Å²) < 4.78 is 1.89. The van der Waals surface area contributed by atoms with E-state index in [1.807, 2.05) is 15.5 Å². The molecule has 2 aliphatic rings. The molecule has 0 aromatic carbocycles. The number of carbonyl (C=O) groups is 1. The van der Waals surface area contributed by atoms with Crippen LogP contribution in [0.1, 0.15) is 19.3 Å². The Balaban J connectivity index is 1.15. The standard InChI is InChI=1S/C26H28Cl2N10O/c27-19-14-30-15-20(28)24(19)36-10-8-35(9-11-36)22(39)17-31-25-23(34-21-16-29-4-7-38(21)25)18-12-32-26(33-13-18)37-5-2-1-3-6-37/h4,7,12-16,31H,1-3,5-6,8-11,17H2. The molecule has 2 saturated heterocycles. The van der Waals surface area contributed by atoms with Crippen molar-refractivity contribution in [3.05, 3.63) is 53.4 Å². The number of amides is 1. The molecular weight excluding hydrogens is 539 g/mol. The number of rotatable bonds is 6. The first-order valence-electron chi connectivity index (χ1n) is 13.0. The SMILES string of the molecule is O=C(CNc1c(-c2cnc(N3CCCCC3)nc2)nc2cnccn12)N1CCN(c2c(Cl)cncc2Cl)CC1. The molecule has 4 aromatic heterocycles. The van der Waals surface area contributed by atoms with Crippen LogP contribution in [0.25, 0.3) is 16.9 Å². The Kier molecular flexibility index (Phi) is 7.34. The minimum Gasteiger partial charge on any atom is -0.365 e. The molecular formula is C26H28Cl2N10O. The molecule has 39 heavy (non-hydrogen) atoms. The van der Waals surface area contributed by atoms with E-state index in [9.17, 15) is 4.79 Å². The fraction of sp³-hybridized carbons (Fsp3) is 0.385. The van der Waals surface area contributed by atoms with Gasteiger partial charge in [-0.05, 0) is 19.3 Å². The maximum absolute atomic E-state index is 13.2. The Morgan fingerprint density at radius 2 is 1.56 bits per heavy atom. The maximum atomic E-state index is 13.2. The third-order valence-corrected chi connectivity index (χ3v) is 7.72. The van der Waals surface area contributed by atoms with Crippen molar-refractivity contribution in [1.82, 2.24) is 34.2 Å². The smallest absolute Gasteiger partial charge is 0.242 e. The van der Waals surface area contributed by atoms with Crippen LogP contribution in [0.15, 0.2) is 43.4 Å². The van der Waals surface area contributed by atoms with E-state index in [1.165, 1.54) is 6.42 Å². The number of anilines is 3. The minimum atomic E-state index is -0.00627. The number of hydrogen-bond acceptors (Lipinski definition) is 9. The maximum Gasteiger partial charge on any atom is 0.242 e. The highest BCUT2D eigenvalue weighted by Crippen LogP contribution is 2.33. The average molecular weight is 567 g/mol. The molecule has 1 N–H and O–H groups in total. The zero-order valence-corrected chi connectivity index (χ0v) is 22.8. The molecule has 2 fully saturated rings. The Bertz CT molecular complexity index is 1440. The van der Waals surface area contributed by atoms with Crippen LogP contribution >= 0.6 is 23.2 Å².